The Kier molecular flexibility index (Phi) is 4.22. The molecule has 0 saturated carbocycles. The van der Waals surface area contributed by atoms with Crippen LogP contribution in [0.4, 0.5) is 23.2 Å². The molecule has 0 spiro atoms. The summed E-state index contributed by atoms with van der Waals surface area (Å²) in [5.74, 6) is -1.17. The molecule has 7 heteroatoms. The molecule has 140 valence electrons. The van der Waals surface area contributed by atoms with E-state index in [0.29, 0.717) is 17.9 Å². The molecular weight excluding hydrogens is 350 g/mol. The highest BCUT2D eigenvalue weighted by Crippen LogP contribution is 2.48. The van der Waals surface area contributed by atoms with Gasteiger partial charge in [-0.3, -0.25) is 0 Å². The van der Waals surface area contributed by atoms with Crippen LogP contribution in [0.5, 0.6) is 0 Å². The normalized spacial score (nSPS) is 31.2. The van der Waals surface area contributed by atoms with Crippen LogP contribution in [0.15, 0.2) is 41.9 Å². The number of benzene rings is 1. The first-order chi connectivity index (χ1) is 12.3. The fraction of sp³-hybridized carbons (Fsp3) is 0.474. The van der Waals surface area contributed by atoms with Gasteiger partial charge in [-0.05, 0) is 37.1 Å². The zero-order valence-electron chi connectivity index (χ0n) is 13.9. The smallest absolute Gasteiger partial charge is 0.416 e. The molecule has 1 unspecified atom stereocenters. The van der Waals surface area contributed by atoms with Crippen LogP contribution in [-0.2, 0) is 10.9 Å². The van der Waals surface area contributed by atoms with Crippen molar-refractivity contribution in [1.82, 2.24) is 0 Å². The summed E-state index contributed by atoms with van der Waals surface area (Å²) in [6, 6.07) is 3.47. The van der Waals surface area contributed by atoms with Crippen molar-refractivity contribution in [2.45, 2.75) is 37.6 Å². The number of anilines is 1. The van der Waals surface area contributed by atoms with Crippen molar-refractivity contribution in [2.24, 2.45) is 11.8 Å². The molecule has 1 aliphatic carbocycles. The van der Waals surface area contributed by atoms with Crippen molar-refractivity contribution < 1.29 is 27.4 Å². The van der Waals surface area contributed by atoms with Crippen LogP contribution in [-0.4, -0.2) is 17.8 Å². The zero-order chi connectivity index (χ0) is 18.5. The van der Waals surface area contributed by atoms with E-state index in [1.807, 2.05) is 0 Å². The Labute approximate surface area is 148 Å². The minimum Gasteiger partial charge on any atom is -0.505 e. The van der Waals surface area contributed by atoms with Gasteiger partial charge in [-0.25, -0.2) is 4.39 Å². The largest absolute Gasteiger partial charge is 0.505 e. The minimum absolute atomic E-state index is 0.0533. The van der Waals surface area contributed by atoms with Crippen LogP contribution in [0.25, 0.3) is 0 Å². The third kappa shape index (κ3) is 2.98. The Morgan fingerprint density at radius 1 is 1.23 bits per heavy atom. The van der Waals surface area contributed by atoms with Gasteiger partial charge in [0.25, 0.3) is 0 Å². The van der Waals surface area contributed by atoms with E-state index >= 15 is 0 Å². The Hall–Kier alpha value is -2.02. The van der Waals surface area contributed by atoms with E-state index in [9.17, 15) is 22.7 Å². The number of hydrogen-bond acceptors (Lipinski definition) is 3. The summed E-state index contributed by atoms with van der Waals surface area (Å²) in [4.78, 5) is 0. The molecule has 3 aliphatic rings. The molecule has 1 aromatic rings. The number of rotatable bonds is 1. The monoisotopic (exact) mass is 369 g/mol. The number of ether oxygens (including phenoxy) is 1. The second-order valence-corrected chi connectivity index (χ2v) is 7.08. The highest BCUT2D eigenvalue weighted by atomic mass is 19.4. The van der Waals surface area contributed by atoms with Crippen molar-refractivity contribution in [2.75, 3.05) is 11.9 Å². The van der Waals surface area contributed by atoms with Gasteiger partial charge in [0, 0.05) is 42.2 Å². The van der Waals surface area contributed by atoms with Gasteiger partial charge >= 0.3 is 6.18 Å². The lowest BCUT2D eigenvalue weighted by atomic mass is 9.73. The predicted molar refractivity (Wildman–Crippen MR) is 88.3 cm³/mol. The summed E-state index contributed by atoms with van der Waals surface area (Å²) in [6.07, 6.45) is -0.0634. The molecule has 0 bridgehead atoms. The first-order valence-corrected chi connectivity index (χ1v) is 8.69. The Bertz CT molecular complexity index is 771. The summed E-state index contributed by atoms with van der Waals surface area (Å²) < 4.78 is 59.0. The fourth-order valence-electron chi connectivity index (χ4n) is 4.24. The molecule has 4 rings (SSSR count). The van der Waals surface area contributed by atoms with Crippen LogP contribution < -0.4 is 5.32 Å². The first kappa shape index (κ1) is 17.4. The lowest BCUT2D eigenvalue weighted by molar-refractivity contribution is -0.137. The summed E-state index contributed by atoms with van der Waals surface area (Å²) in [5, 5.41) is 12.8. The fourth-order valence-corrected chi connectivity index (χ4v) is 4.24. The van der Waals surface area contributed by atoms with Crippen LogP contribution in [0.2, 0.25) is 0 Å². The topological polar surface area (TPSA) is 41.5 Å². The molecule has 2 N–H and O–H groups in total. The lowest BCUT2D eigenvalue weighted by Gasteiger charge is -2.46. The second kappa shape index (κ2) is 6.30. The maximum absolute atomic E-state index is 13.9. The number of allylic oxidation sites excluding steroid dienone is 2. The molecule has 26 heavy (non-hydrogen) atoms. The Morgan fingerprint density at radius 3 is 2.77 bits per heavy atom. The van der Waals surface area contributed by atoms with E-state index in [4.69, 9.17) is 4.74 Å². The van der Waals surface area contributed by atoms with Gasteiger partial charge in [0.1, 0.15) is 11.6 Å². The molecule has 4 atom stereocenters. The van der Waals surface area contributed by atoms with Crippen LogP contribution in [0.1, 0.15) is 36.5 Å². The van der Waals surface area contributed by atoms with Crippen LogP contribution in [0, 0.1) is 11.8 Å². The zero-order valence-corrected chi connectivity index (χ0v) is 13.9. The van der Waals surface area contributed by atoms with Gasteiger partial charge in [-0.2, -0.15) is 13.2 Å². The van der Waals surface area contributed by atoms with Crippen molar-refractivity contribution >= 4 is 5.69 Å². The molecule has 0 amide bonds. The summed E-state index contributed by atoms with van der Waals surface area (Å²) in [6.45, 7) is 0.499. The van der Waals surface area contributed by atoms with E-state index in [-0.39, 0.29) is 30.1 Å². The van der Waals surface area contributed by atoms with Crippen LogP contribution in [0.3, 0.4) is 0 Å². The number of fused-ring (bicyclic) bond motifs is 3. The Balaban J connectivity index is 1.69. The summed E-state index contributed by atoms with van der Waals surface area (Å²) in [7, 11) is 0. The number of alkyl halides is 3. The van der Waals surface area contributed by atoms with Crippen molar-refractivity contribution in [3.05, 3.63) is 53.1 Å². The van der Waals surface area contributed by atoms with E-state index < -0.39 is 23.7 Å². The van der Waals surface area contributed by atoms with Gasteiger partial charge < -0.3 is 15.2 Å². The average Bonchev–Trinajstić information content (AvgIpc) is 2.62. The quantitative estimate of drug-likeness (QED) is 0.662. The summed E-state index contributed by atoms with van der Waals surface area (Å²) >= 11 is 0. The molecular formula is C19H19F4NO2. The van der Waals surface area contributed by atoms with Gasteiger partial charge in [-0.15, -0.1) is 0 Å². The number of aliphatic hydroxyl groups excluding tert-OH is 1. The molecule has 2 heterocycles. The van der Waals surface area contributed by atoms with Crippen LogP contribution >= 0.6 is 0 Å². The number of aliphatic hydroxyl groups is 1. The van der Waals surface area contributed by atoms with Gasteiger partial charge in [0.05, 0.1) is 11.7 Å². The molecule has 0 radical (unpaired) electrons. The first-order valence-electron chi connectivity index (χ1n) is 8.69. The molecule has 1 fully saturated rings. The predicted octanol–water partition coefficient (Wildman–Crippen LogP) is 5.28. The SMILES string of the molecule is OC1=C(F)CC([C@@H]2Nc3ccc(C(F)(F)F)cc3[C@H]3OCCC[C@H]32)C=C1. The van der Waals surface area contributed by atoms with E-state index in [1.54, 1.807) is 6.08 Å². The molecule has 1 saturated heterocycles. The molecule has 0 aromatic heterocycles. The van der Waals surface area contributed by atoms with Crippen molar-refractivity contribution in [3.8, 4) is 0 Å². The highest BCUT2D eigenvalue weighted by molar-refractivity contribution is 5.58. The molecule has 1 aromatic carbocycles. The third-order valence-electron chi connectivity index (χ3n) is 5.49. The molecule has 2 aliphatic heterocycles. The van der Waals surface area contributed by atoms with E-state index in [1.165, 1.54) is 12.1 Å². The van der Waals surface area contributed by atoms with E-state index in [0.717, 1.165) is 25.0 Å². The van der Waals surface area contributed by atoms with E-state index in [2.05, 4.69) is 5.32 Å². The van der Waals surface area contributed by atoms with Gasteiger partial charge in [0.15, 0.2) is 0 Å². The molecule has 3 nitrogen and oxygen atoms in total. The minimum atomic E-state index is -4.41. The second-order valence-electron chi connectivity index (χ2n) is 7.08. The maximum Gasteiger partial charge on any atom is 0.416 e. The maximum atomic E-state index is 13.9. The number of nitrogens with one attached hydrogen (secondary N) is 1. The number of hydrogen-bond donors (Lipinski definition) is 2. The highest BCUT2D eigenvalue weighted by Gasteiger charge is 2.43. The lowest BCUT2D eigenvalue weighted by Crippen LogP contribution is -2.45. The van der Waals surface area contributed by atoms with Gasteiger partial charge in [0.2, 0.25) is 0 Å². The Morgan fingerprint density at radius 2 is 2.04 bits per heavy atom. The average molecular weight is 369 g/mol. The standard InChI is InChI=1S/C19H19F4NO2/c20-14-8-10(3-6-16(14)25)17-12-2-1-7-26-18(12)13-9-11(19(21,22)23)4-5-15(13)24-17/h3-6,9-10,12,17-18,24-25H,1-2,7-8H2/t10?,12-,17-,18-/m0/s1. The number of halogens is 4. The van der Waals surface area contributed by atoms with Crippen molar-refractivity contribution in [3.63, 3.8) is 0 Å². The third-order valence-corrected chi connectivity index (χ3v) is 5.49. The van der Waals surface area contributed by atoms with Gasteiger partial charge in [-0.1, -0.05) is 6.08 Å². The summed E-state index contributed by atoms with van der Waals surface area (Å²) in [5.41, 5.74) is 0.416. The van der Waals surface area contributed by atoms with Crippen molar-refractivity contribution in [1.29, 1.82) is 0 Å².